The van der Waals surface area contributed by atoms with Gasteiger partial charge in [-0.2, -0.15) is 0 Å². The van der Waals surface area contributed by atoms with E-state index in [2.05, 4.69) is 15.6 Å². The van der Waals surface area contributed by atoms with Crippen LogP contribution in [0.2, 0.25) is 0 Å². The van der Waals surface area contributed by atoms with Crippen LogP contribution >= 0.6 is 0 Å². The maximum atomic E-state index is 10.6. The Balaban J connectivity index is 2.15. The van der Waals surface area contributed by atoms with Gasteiger partial charge in [-0.25, -0.2) is 0 Å². The Hall–Kier alpha value is -1.42. The number of hydrogen-bond acceptors (Lipinski definition) is 3. The third-order valence-electron chi connectivity index (χ3n) is 1.95. The molecule has 0 saturated carbocycles. The molecule has 0 atom stereocenters. The Morgan fingerprint density at radius 2 is 2.20 bits per heavy atom. The number of carbonyl (C=O) groups is 1. The zero-order chi connectivity index (χ0) is 11.1. The molecule has 0 aliphatic rings. The van der Waals surface area contributed by atoms with E-state index in [1.165, 1.54) is 6.92 Å². The first-order chi connectivity index (χ1) is 7.18. The number of aromatic nitrogens is 1. The largest absolute Gasteiger partial charge is 0.355 e. The molecular formula is C11H17N3O. The van der Waals surface area contributed by atoms with Gasteiger partial charge in [0.25, 0.3) is 0 Å². The monoisotopic (exact) mass is 207 g/mol. The molecule has 4 heteroatoms. The fourth-order valence-electron chi connectivity index (χ4n) is 1.15. The number of hydrogen-bond donors (Lipinski definition) is 2. The normalized spacial score (nSPS) is 10.0. The summed E-state index contributed by atoms with van der Waals surface area (Å²) >= 11 is 0. The molecule has 1 rings (SSSR count). The van der Waals surface area contributed by atoms with Gasteiger partial charge in [-0.3, -0.25) is 9.78 Å². The van der Waals surface area contributed by atoms with Gasteiger partial charge < -0.3 is 10.6 Å². The van der Waals surface area contributed by atoms with Gasteiger partial charge in [0.15, 0.2) is 0 Å². The summed E-state index contributed by atoms with van der Waals surface area (Å²) in [7, 11) is 0. The standard InChI is InChI=1S/C11H17N3O/c1-9-3-4-11(14-7-9)8-12-5-6-13-10(2)15/h3-4,7,12H,5-6,8H2,1-2H3,(H,13,15). The maximum absolute atomic E-state index is 10.6. The van der Waals surface area contributed by atoms with E-state index in [9.17, 15) is 4.79 Å². The van der Waals surface area contributed by atoms with Crippen LogP contribution in [0.15, 0.2) is 18.3 Å². The van der Waals surface area contributed by atoms with Crippen molar-refractivity contribution in [3.63, 3.8) is 0 Å². The molecule has 0 spiro atoms. The van der Waals surface area contributed by atoms with Gasteiger partial charge in [-0.15, -0.1) is 0 Å². The highest BCUT2D eigenvalue weighted by Gasteiger charge is 1.94. The highest BCUT2D eigenvalue weighted by Crippen LogP contribution is 1.97. The molecule has 82 valence electrons. The van der Waals surface area contributed by atoms with Crippen molar-refractivity contribution in [3.05, 3.63) is 29.6 Å². The molecule has 4 nitrogen and oxygen atoms in total. The second-order valence-electron chi connectivity index (χ2n) is 3.49. The lowest BCUT2D eigenvalue weighted by molar-refractivity contribution is -0.118. The number of pyridine rings is 1. The van der Waals surface area contributed by atoms with Crippen LogP contribution in [-0.4, -0.2) is 24.0 Å². The fraction of sp³-hybridized carbons (Fsp3) is 0.455. The zero-order valence-corrected chi connectivity index (χ0v) is 9.21. The lowest BCUT2D eigenvalue weighted by atomic mass is 10.3. The van der Waals surface area contributed by atoms with Crippen molar-refractivity contribution in [2.24, 2.45) is 0 Å². The third-order valence-corrected chi connectivity index (χ3v) is 1.95. The molecule has 0 aliphatic heterocycles. The number of amides is 1. The van der Waals surface area contributed by atoms with Crippen molar-refractivity contribution in [1.82, 2.24) is 15.6 Å². The summed E-state index contributed by atoms with van der Waals surface area (Å²) in [5.74, 6) is 0.00487. The first kappa shape index (κ1) is 11.7. The summed E-state index contributed by atoms with van der Waals surface area (Å²) in [6.45, 7) is 5.68. The van der Waals surface area contributed by atoms with Crippen LogP contribution in [-0.2, 0) is 11.3 Å². The fourth-order valence-corrected chi connectivity index (χ4v) is 1.15. The molecule has 1 aromatic rings. The Morgan fingerprint density at radius 3 is 2.80 bits per heavy atom. The van der Waals surface area contributed by atoms with Gasteiger partial charge >= 0.3 is 0 Å². The quantitative estimate of drug-likeness (QED) is 0.696. The van der Waals surface area contributed by atoms with Crippen LogP contribution in [0.5, 0.6) is 0 Å². The molecule has 0 bridgehead atoms. The predicted octanol–water partition coefficient (Wildman–Crippen LogP) is 0.616. The lowest BCUT2D eigenvalue weighted by Crippen LogP contribution is -2.30. The van der Waals surface area contributed by atoms with Gasteiger partial charge in [0.2, 0.25) is 5.91 Å². The van der Waals surface area contributed by atoms with E-state index in [4.69, 9.17) is 0 Å². The van der Waals surface area contributed by atoms with E-state index in [0.29, 0.717) is 6.54 Å². The molecule has 0 radical (unpaired) electrons. The van der Waals surface area contributed by atoms with Crippen LogP contribution in [0, 0.1) is 6.92 Å². The predicted molar refractivity (Wildman–Crippen MR) is 59.4 cm³/mol. The molecule has 1 amide bonds. The summed E-state index contributed by atoms with van der Waals surface area (Å²) in [6, 6.07) is 4.04. The lowest BCUT2D eigenvalue weighted by Gasteiger charge is -2.04. The third kappa shape index (κ3) is 5.12. The minimum atomic E-state index is 0.00487. The molecule has 0 aliphatic carbocycles. The molecule has 2 N–H and O–H groups in total. The topological polar surface area (TPSA) is 54.0 Å². The van der Waals surface area contributed by atoms with Gasteiger partial charge in [0.05, 0.1) is 5.69 Å². The number of rotatable bonds is 5. The number of nitrogens with one attached hydrogen (secondary N) is 2. The number of carbonyl (C=O) groups excluding carboxylic acids is 1. The van der Waals surface area contributed by atoms with E-state index in [-0.39, 0.29) is 5.91 Å². The van der Waals surface area contributed by atoms with E-state index in [0.717, 1.165) is 24.3 Å². The van der Waals surface area contributed by atoms with E-state index in [1.807, 2.05) is 25.3 Å². The summed E-state index contributed by atoms with van der Waals surface area (Å²) in [5.41, 5.74) is 2.18. The molecular weight excluding hydrogens is 190 g/mol. The van der Waals surface area contributed by atoms with E-state index >= 15 is 0 Å². The number of nitrogens with zero attached hydrogens (tertiary/aromatic N) is 1. The van der Waals surface area contributed by atoms with Crippen molar-refractivity contribution < 1.29 is 4.79 Å². The van der Waals surface area contributed by atoms with Crippen molar-refractivity contribution in [2.75, 3.05) is 13.1 Å². The summed E-state index contributed by atoms with van der Waals surface area (Å²) in [5, 5.41) is 5.92. The Labute approximate surface area is 90.1 Å². The minimum absolute atomic E-state index is 0.00487. The Kier molecular flexibility index (Phi) is 4.77. The smallest absolute Gasteiger partial charge is 0.216 e. The van der Waals surface area contributed by atoms with Crippen molar-refractivity contribution in [1.29, 1.82) is 0 Å². The Bertz CT molecular complexity index is 308. The summed E-state index contributed by atoms with van der Waals surface area (Å²) in [4.78, 5) is 14.8. The van der Waals surface area contributed by atoms with Gasteiger partial charge in [0, 0.05) is 32.8 Å². The second-order valence-corrected chi connectivity index (χ2v) is 3.49. The highest BCUT2D eigenvalue weighted by atomic mass is 16.1. The second kappa shape index (κ2) is 6.14. The number of aryl methyl sites for hydroxylation is 1. The SMILES string of the molecule is CC(=O)NCCNCc1ccc(C)cn1. The van der Waals surface area contributed by atoms with Crippen molar-refractivity contribution in [3.8, 4) is 0 Å². The van der Waals surface area contributed by atoms with Crippen molar-refractivity contribution >= 4 is 5.91 Å². The molecule has 0 fully saturated rings. The first-order valence-electron chi connectivity index (χ1n) is 5.05. The van der Waals surface area contributed by atoms with E-state index < -0.39 is 0 Å². The van der Waals surface area contributed by atoms with Crippen LogP contribution < -0.4 is 10.6 Å². The molecule has 0 unspecified atom stereocenters. The van der Waals surface area contributed by atoms with Gasteiger partial charge in [0.1, 0.15) is 0 Å². The minimum Gasteiger partial charge on any atom is -0.355 e. The molecule has 15 heavy (non-hydrogen) atoms. The van der Waals surface area contributed by atoms with Crippen molar-refractivity contribution in [2.45, 2.75) is 20.4 Å². The summed E-state index contributed by atoms with van der Waals surface area (Å²) < 4.78 is 0. The van der Waals surface area contributed by atoms with Crippen LogP contribution in [0.25, 0.3) is 0 Å². The van der Waals surface area contributed by atoms with E-state index in [1.54, 1.807) is 0 Å². The average Bonchev–Trinajstić information content (AvgIpc) is 2.20. The summed E-state index contributed by atoms with van der Waals surface area (Å²) in [6.07, 6.45) is 1.85. The first-order valence-corrected chi connectivity index (χ1v) is 5.05. The van der Waals surface area contributed by atoms with Gasteiger partial charge in [-0.1, -0.05) is 6.07 Å². The maximum Gasteiger partial charge on any atom is 0.216 e. The van der Waals surface area contributed by atoms with Crippen LogP contribution in [0.4, 0.5) is 0 Å². The molecule has 1 aromatic heterocycles. The average molecular weight is 207 g/mol. The van der Waals surface area contributed by atoms with Crippen LogP contribution in [0.1, 0.15) is 18.2 Å². The molecule has 0 saturated heterocycles. The van der Waals surface area contributed by atoms with Gasteiger partial charge in [-0.05, 0) is 18.6 Å². The van der Waals surface area contributed by atoms with Crippen LogP contribution in [0.3, 0.4) is 0 Å². The zero-order valence-electron chi connectivity index (χ0n) is 9.21. The highest BCUT2D eigenvalue weighted by molar-refractivity contribution is 5.72. The Morgan fingerprint density at radius 1 is 1.40 bits per heavy atom. The molecule has 1 heterocycles. The molecule has 0 aromatic carbocycles.